The maximum absolute atomic E-state index is 5.73. The number of hydrogen-bond acceptors (Lipinski definition) is 8. The van der Waals surface area contributed by atoms with Crippen molar-refractivity contribution >= 4 is 11.8 Å². The Balaban J connectivity index is 1.89. The van der Waals surface area contributed by atoms with E-state index in [4.69, 9.17) is 24.7 Å². The molecule has 0 saturated heterocycles. The number of aromatic nitrogens is 2. The van der Waals surface area contributed by atoms with Crippen molar-refractivity contribution in [1.82, 2.24) is 9.97 Å². The number of nitrogens with one attached hydrogen (secondary N) is 1. The lowest BCUT2D eigenvalue weighted by atomic mass is 10.3. The number of ether oxygens (including phenoxy) is 4. The normalized spacial score (nSPS) is 10.3. The van der Waals surface area contributed by atoms with Crippen LogP contribution >= 0.6 is 0 Å². The summed E-state index contributed by atoms with van der Waals surface area (Å²) in [6.45, 7) is 3.59. The Morgan fingerprint density at radius 1 is 1.00 bits per heavy atom. The summed E-state index contributed by atoms with van der Waals surface area (Å²) in [5, 5.41) is 3.21. The molecule has 0 amide bonds. The van der Waals surface area contributed by atoms with Crippen molar-refractivity contribution in [2.75, 3.05) is 45.0 Å². The van der Waals surface area contributed by atoms with E-state index in [1.807, 2.05) is 0 Å². The molecule has 1 aromatic carbocycles. The van der Waals surface area contributed by atoms with E-state index in [1.54, 1.807) is 38.6 Å². The van der Waals surface area contributed by atoms with Crippen LogP contribution in [0.15, 0.2) is 24.4 Å². The average molecular weight is 362 g/mol. The Bertz CT molecular complexity index is 675. The molecule has 0 bridgehead atoms. The lowest BCUT2D eigenvalue weighted by Crippen LogP contribution is -2.13. The molecule has 8 nitrogen and oxygen atoms in total. The molecule has 0 spiro atoms. The fourth-order valence-corrected chi connectivity index (χ4v) is 2.18. The molecule has 1 aromatic heterocycles. The number of hydrogen-bond donors (Lipinski definition) is 2. The van der Waals surface area contributed by atoms with Crippen LogP contribution in [0.25, 0.3) is 0 Å². The lowest BCUT2D eigenvalue weighted by Gasteiger charge is -2.13. The van der Waals surface area contributed by atoms with Crippen LogP contribution in [0.3, 0.4) is 0 Å². The van der Waals surface area contributed by atoms with E-state index in [-0.39, 0.29) is 5.95 Å². The maximum atomic E-state index is 5.73. The van der Waals surface area contributed by atoms with E-state index < -0.39 is 0 Å². The Morgan fingerprint density at radius 3 is 2.31 bits per heavy atom. The molecule has 0 radical (unpaired) electrons. The molecule has 26 heavy (non-hydrogen) atoms. The summed E-state index contributed by atoms with van der Waals surface area (Å²) in [5.74, 6) is 3.30. The highest BCUT2D eigenvalue weighted by Gasteiger charge is 2.08. The minimum atomic E-state index is 0.205. The van der Waals surface area contributed by atoms with Gasteiger partial charge in [0, 0.05) is 24.7 Å². The van der Waals surface area contributed by atoms with Gasteiger partial charge in [-0.3, -0.25) is 0 Å². The van der Waals surface area contributed by atoms with E-state index in [1.165, 1.54) is 0 Å². The number of nitrogens with zero attached hydrogens (tertiary/aromatic N) is 2. The fourth-order valence-electron chi connectivity index (χ4n) is 2.18. The Hall–Kier alpha value is -2.90. The lowest BCUT2D eigenvalue weighted by molar-refractivity contribution is 0.216. The predicted molar refractivity (Wildman–Crippen MR) is 100 cm³/mol. The van der Waals surface area contributed by atoms with Crippen molar-refractivity contribution in [2.45, 2.75) is 19.8 Å². The zero-order valence-corrected chi connectivity index (χ0v) is 15.4. The molecule has 0 aliphatic rings. The highest BCUT2D eigenvalue weighted by atomic mass is 16.5. The molecule has 3 N–H and O–H groups in total. The molecular formula is C18H26N4O4. The van der Waals surface area contributed by atoms with Gasteiger partial charge in [-0.05, 0) is 6.42 Å². The molecule has 0 aliphatic carbocycles. The van der Waals surface area contributed by atoms with Crippen LogP contribution in [0.1, 0.15) is 19.8 Å². The first-order valence-corrected chi connectivity index (χ1v) is 8.51. The van der Waals surface area contributed by atoms with Crippen LogP contribution in [0, 0.1) is 0 Å². The molecule has 1 heterocycles. The van der Waals surface area contributed by atoms with Crippen LogP contribution in [0.4, 0.5) is 11.8 Å². The van der Waals surface area contributed by atoms with Gasteiger partial charge in [-0.1, -0.05) is 13.3 Å². The minimum Gasteiger partial charge on any atom is -0.496 e. The van der Waals surface area contributed by atoms with Crippen molar-refractivity contribution in [1.29, 1.82) is 0 Å². The molecule has 2 aromatic rings. The number of nitrogens with two attached hydrogens (primary N) is 1. The smallest absolute Gasteiger partial charge is 0.222 e. The van der Waals surface area contributed by atoms with Gasteiger partial charge >= 0.3 is 0 Å². The molecule has 8 heteroatoms. The van der Waals surface area contributed by atoms with Crippen LogP contribution in [-0.4, -0.2) is 43.9 Å². The summed E-state index contributed by atoms with van der Waals surface area (Å²) < 4.78 is 21.9. The zero-order chi connectivity index (χ0) is 18.8. The van der Waals surface area contributed by atoms with Crippen LogP contribution in [0.2, 0.25) is 0 Å². The third-order valence-electron chi connectivity index (χ3n) is 3.53. The fraction of sp³-hybridized carbons (Fsp3) is 0.444. The van der Waals surface area contributed by atoms with Gasteiger partial charge in [0.15, 0.2) is 11.6 Å². The Morgan fingerprint density at radius 2 is 1.65 bits per heavy atom. The van der Waals surface area contributed by atoms with Crippen molar-refractivity contribution in [3.8, 4) is 23.0 Å². The van der Waals surface area contributed by atoms with Crippen molar-refractivity contribution in [3.63, 3.8) is 0 Å². The molecule has 0 atom stereocenters. The first kappa shape index (κ1) is 19.4. The van der Waals surface area contributed by atoms with Gasteiger partial charge in [0.2, 0.25) is 5.95 Å². The topological polar surface area (TPSA) is 101 Å². The highest BCUT2D eigenvalue weighted by Crippen LogP contribution is 2.27. The third-order valence-corrected chi connectivity index (χ3v) is 3.53. The average Bonchev–Trinajstić information content (AvgIpc) is 2.66. The second-order valence-corrected chi connectivity index (χ2v) is 5.47. The van der Waals surface area contributed by atoms with Crippen LogP contribution in [0.5, 0.6) is 23.0 Å². The number of methoxy groups -OCH3 is 2. The van der Waals surface area contributed by atoms with Gasteiger partial charge in [0.05, 0.1) is 20.4 Å². The van der Waals surface area contributed by atoms with Gasteiger partial charge < -0.3 is 30.0 Å². The number of rotatable bonds is 11. The molecular weight excluding hydrogens is 336 g/mol. The number of benzene rings is 1. The van der Waals surface area contributed by atoms with Gasteiger partial charge in [-0.15, -0.1) is 0 Å². The molecule has 142 valence electrons. The largest absolute Gasteiger partial charge is 0.496 e. The van der Waals surface area contributed by atoms with E-state index in [9.17, 15) is 0 Å². The van der Waals surface area contributed by atoms with Gasteiger partial charge in [0.25, 0.3) is 0 Å². The van der Waals surface area contributed by atoms with Gasteiger partial charge in [-0.25, -0.2) is 4.98 Å². The summed E-state index contributed by atoms with van der Waals surface area (Å²) in [5.41, 5.74) is 5.65. The SMILES string of the molecule is CCCCNc1nc(N)ncc1OCCOc1cc(OC)cc(OC)c1. The molecule has 0 saturated carbocycles. The van der Waals surface area contributed by atoms with Crippen LogP contribution in [-0.2, 0) is 0 Å². The van der Waals surface area contributed by atoms with Crippen molar-refractivity contribution in [2.24, 2.45) is 0 Å². The Kier molecular flexibility index (Phi) is 7.60. The molecule has 0 fully saturated rings. The number of nitrogen functional groups attached to an aromatic ring is 1. The summed E-state index contributed by atoms with van der Waals surface area (Å²) in [7, 11) is 3.19. The second-order valence-electron chi connectivity index (χ2n) is 5.47. The summed E-state index contributed by atoms with van der Waals surface area (Å²) in [6, 6.07) is 5.35. The van der Waals surface area contributed by atoms with Crippen molar-refractivity contribution < 1.29 is 18.9 Å². The standard InChI is InChI=1S/C18H26N4O4/c1-4-5-6-20-17-16(12-21-18(19)22-17)26-8-7-25-15-10-13(23-2)9-14(11-15)24-3/h9-12H,4-8H2,1-3H3,(H3,19,20,21,22). The summed E-state index contributed by atoms with van der Waals surface area (Å²) in [4.78, 5) is 8.16. The summed E-state index contributed by atoms with van der Waals surface area (Å²) >= 11 is 0. The highest BCUT2D eigenvalue weighted by molar-refractivity contribution is 5.51. The number of unbranched alkanes of at least 4 members (excludes halogenated alkanes) is 1. The molecule has 2 rings (SSSR count). The first-order valence-electron chi connectivity index (χ1n) is 8.51. The summed E-state index contributed by atoms with van der Waals surface area (Å²) in [6.07, 6.45) is 3.68. The van der Waals surface area contributed by atoms with Crippen molar-refractivity contribution in [3.05, 3.63) is 24.4 Å². The van der Waals surface area contributed by atoms with E-state index in [0.717, 1.165) is 19.4 Å². The molecule has 0 aliphatic heterocycles. The zero-order valence-electron chi connectivity index (χ0n) is 15.4. The first-order chi connectivity index (χ1) is 12.7. The monoisotopic (exact) mass is 362 g/mol. The van der Waals surface area contributed by atoms with Gasteiger partial charge in [-0.2, -0.15) is 4.98 Å². The maximum Gasteiger partial charge on any atom is 0.222 e. The second kappa shape index (κ2) is 10.2. The Labute approximate surface area is 153 Å². The predicted octanol–water partition coefficient (Wildman–Crippen LogP) is 2.75. The third kappa shape index (κ3) is 5.87. The quantitative estimate of drug-likeness (QED) is 0.589. The minimum absolute atomic E-state index is 0.205. The number of anilines is 2. The molecule has 0 unspecified atom stereocenters. The van der Waals surface area contributed by atoms with Crippen LogP contribution < -0.4 is 30.0 Å². The van der Waals surface area contributed by atoms with E-state index in [2.05, 4.69) is 22.2 Å². The van der Waals surface area contributed by atoms with E-state index in [0.29, 0.717) is 42.0 Å². The van der Waals surface area contributed by atoms with Gasteiger partial charge in [0.1, 0.15) is 30.5 Å². The van der Waals surface area contributed by atoms with E-state index >= 15 is 0 Å².